The molecule has 0 amide bonds. The number of rotatable bonds is 5. The second-order valence-electron chi connectivity index (χ2n) is 5.07. The van der Waals surface area contributed by atoms with Crippen molar-refractivity contribution >= 4 is 27.5 Å². The molecule has 0 saturated heterocycles. The highest BCUT2D eigenvalue weighted by Gasteiger charge is 2.13. The Bertz CT molecular complexity index is 630. The predicted octanol–water partition coefficient (Wildman–Crippen LogP) is 5.44. The van der Waals surface area contributed by atoms with Gasteiger partial charge in [0, 0.05) is 11.1 Å². The third-order valence-corrected chi connectivity index (χ3v) is 4.49. The molecule has 21 heavy (non-hydrogen) atoms. The summed E-state index contributed by atoms with van der Waals surface area (Å²) in [5, 5.41) is 4.23. The highest BCUT2D eigenvalue weighted by molar-refractivity contribution is 9.10. The van der Waals surface area contributed by atoms with E-state index in [2.05, 4.69) is 34.2 Å². The lowest BCUT2D eigenvalue weighted by Crippen LogP contribution is -2.23. The molecule has 0 fully saturated rings. The summed E-state index contributed by atoms with van der Waals surface area (Å²) in [4.78, 5) is 0. The lowest BCUT2D eigenvalue weighted by molar-refractivity contribution is 0.548. The quantitative estimate of drug-likeness (QED) is 0.738. The van der Waals surface area contributed by atoms with Gasteiger partial charge in [0.2, 0.25) is 0 Å². The summed E-state index contributed by atoms with van der Waals surface area (Å²) >= 11 is 9.46. The van der Waals surface area contributed by atoms with Crippen molar-refractivity contribution in [3.63, 3.8) is 0 Å². The number of benzene rings is 2. The Morgan fingerprint density at radius 1 is 1.24 bits per heavy atom. The van der Waals surface area contributed by atoms with E-state index >= 15 is 0 Å². The van der Waals surface area contributed by atoms with Crippen molar-refractivity contribution < 1.29 is 4.39 Å². The Hall–Kier alpha value is -0.900. The summed E-state index contributed by atoms with van der Waals surface area (Å²) in [5.74, 6) is -0.239. The smallest absolute Gasteiger partial charge is 0.137 e. The molecule has 2 aromatic carbocycles. The molecular weight excluding hydrogens is 353 g/mol. The number of likely N-dealkylation sites (N-methyl/N-ethyl adjacent to an activating group) is 1. The Morgan fingerprint density at radius 2 is 2.00 bits per heavy atom. The number of halogens is 3. The van der Waals surface area contributed by atoms with Gasteiger partial charge >= 0.3 is 0 Å². The van der Waals surface area contributed by atoms with Gasteiger partial charge in [-0.2, -0.15) is 0 Å². The van der Waals surface area contributed by atoms with E-state index in [-0.39, 0.29) is 11.9 Å². The molecular formula is C17H18BrClFN. The van der Waals surface area contributed by atoms with E-state index < -0.39 is 0 Å². The molecule has 0 bridgehead atoms. The van der Waals surface area contributed by atoms with Crippen LogP contribution in [-0.2, 0) is 6.42 Å². The monoisotopic (exact) mass is 369 g/mol. The van der Waals surface area contributed by atoms with Crippen molar-refractivity contribution in [3.05, 3.63) is 68.4 Å². The molecule has 1 unspecified atom stereocenters. The molecule has 0 aromatic heterocycles. The van der Waals surface area contributed by atoms with E-state index in [9.17, 15) is 4.39 Å². The molecule has 1 nitrogen and oxygen atoms in total. The van der Waals surface area contributed by atoms with Crippen LogP contribution in [0.2, 0.25) is 5.02 Å². The van der Waals surface area contributed by atoms with Crippen molar-refractivity contribution in [3.8, 4) is 0 Å². The van der Waals surface area contributed by atoms with Gasteiger partial charge in [-0.15, -0.1) is 0 Å². The summed E-state index contributed by atoms with van der Waals surface area (Å²) in [6.07, 6.45) is 0.784. The number of nitrogens with one attached hydrogen (secondary N) is 1. The minimum atomic E-state index is -0.239. The second-order valence-corrected chi connectivity index (χ2v) is 6.33. The van der Waals surface area contributed by atoms with Crippen LogP contribution >= 0.6 is 27.5 Å². The van der Waals surface area contributed by atoms with Gasteiger partial charge in [0.1, 0.15) is 5.82 Å². The first-order valence-electron chi connectivity index (χ1n) is 6.94. The Balaban J connectivity index is 2.25. The molecule has 2 aromatic rings. The van der Waals surface area contributed by atoms with Crippen molar-refractivity contribution in [1.82, 2.24) is 5.32 Å². The van der Waals surface area contributed by atoms with Crippen LogP contribution in [0.3, 0.4) is 0 Å². The third kappa shape index (κ3) is 4.29. The summed E-state index contributed by atoms with van der Waals surface area (Å²) < 4.78 is 13.8. The first kappa shape index (κ1) is 16.5. The van der Waals surface area contributed by atoms with Crippen molar-refractivity contribution in [2.75, 3.05) is 6.54 Å². The van der Waals surface area contributed by atoms with Crippen LogP contribution in [0.5, 0.6) is 0 Å². The topological polar surface area (TPSA) is 12.0 Å². The first-order chi connectivity index (χ1) is 10.0. The van der Waals surface area contributed by atoms with E-state index in [0.717, 1.165) is 34.7 Å². The molecule has 0 saturated carbocycles. The van der Waals surface area contributed by atoms with Gasteiger partial charge in [-0.1, -0.05) is 36.7 Å². The minimum Gasteiger partial charge on any atom is -0.310 e. The fraction of sp³-hybridized carbons (Fsp3) is 0.294. The van der Waals surface area contributed by atoms with E-state index in [0.29, 0.717) is 4.47 Å². The molecule has 0 radical (unpaired) electrons. The van der Waals surface area contributed by atoms with E-state index in [1.165, 1.54) is 6.07 Å². The normalized spacial score (nSPS) is 12.4. The summed E-state index contributed by atoms with van der Waals surface area (Å²) in [6.45, 7) is 4.92. The average molecular weight is 371 g/mol. The zero-order chi connectivity index (χ0) is 15.4. The highest BCUT2D eigenvalue weighted by atomic mass is 79.9. The Morgan fingerprint density at radius 3 is 2.62 bits per heavy atom. The zero-order valence-electron chi connectivity index (χ0n) is 12.1. The molecule has 0 aliphatic rings. The fourth-order valence-corrected chi connectivity index (χ4v) is 2.90. The molecule has 0 aliphatic heterocycles. The molecule has 112 valence electrons. The van der Waals surface area contributed by atoms with Crippen molar-refractivity contribution in [2.24, 2.45) is 0 Å². The number of aryl methyl sites for hydroxylation is 1. The second kappa shape index (κ2) is 7.39. The molecule has 0 aliphatic carbocycles. The standard InChI is InChI=1S/C17H18BrClFN/c1-3-21-17(13-6-4-11(2)15(19)10-13)9-12-5-7-16(20)14(18)8-12/h4-8,10,17,21H,3,9H2,1-2H3. The van der Waals surface area contributed by atoms with Crippen molar-refractivity contribution in [2.45, 2.75) is 26.3 Å². The fourth-order valence-electron chi connectivity index (χ4n) is 2.28. The molecule has 2 rings (SSSR count). The highest BCUT2D eigenvalue weighted by Crippen LogP contribution is 2.25. The zero-order valence-corrected chi connectivity index (χ0v) is 14.4. The average Bonchev–Trinajstić information content (AvgIpc) is 2.45. The minimum absolute atomic E-state index is 0.158. The Labute approximate surface area is 138 Å². The summed E-state index contributed by atoms with van der Waals surface area (Å²) in [5.41, 5.74) is 3.29. The van der Waals surface area contributed by atoms with Gasteiger partial charge in [-0.25, -0.2) is 4.39 Å². The van der Waals surface area contributed by atoms with Gasteiger partial charge in [-0.3, -0.25) is 0 Å². The van der Waals surface area contributed by atoms with Crippen molar-refractivity contribution in [1.29, 1.82) is 0 Å². The van der Waals surface area contributed by atoms with Gasteiger partial charge in [0.15, 0.2) is 0 Å². The maximum absolute atomic E-state index is 13.3. The summed E-state index contributed by atoms with van der Waals surface area (Å²) in [6, 6.07) is 11.4. The molecule has 0 spiro atoms. The number of hydrogen-bond donors (Lipinski definition) is 1. The molecule has 4 heteroatoms. The largest absolute Gasteiger partial charge is 0.310 e. The van der Waals surface area contributed by atoms with Gasteiger partial charge in [0.05, 0.1) is 4.47 Å². The molecule has 1 atom stereocenters. The van der Waals surface area contributed by atoms with E-state index in [1.54, 1.807) is 0 Å². The number of hydrogen-bond acceptors (Lipinski definition) is 1. The molecule has 1 N–H and O–H groups in total. The van der Waals surface area contributed by atoms with E-state index in [1.807, 2.05) is 31.2 Å². The van der Waals surface area contributed by atoms with Gasteiger partial charge in [-0.05, 0) is 70.7 Å². The third-order valence-electron chi connectivity index (χ3n) is 3.47. The van der Waals surface area contributed by atoms with Crippen LogP contribution in [0, 0.1) is 12.7 Å². The van der Waals surface area contributed by atoms with Gasteiger partial charge < -0.3 is 5.32 Å². The molecule has 0 heterocycles. The predicted molar refractivity (Wildman–Crippen MR) is 90.4 cm³/mol. The van der Waals surface area contributed by atoms with Crippen LogP contribution in [0.15, 0.2) is 40.9 Å². The lowest BCUT2D eigenvalue weighted by atomic mass is 9.98. The first-order valence-corrected chi connectivity index (χ1v) is 8.11. The Kier molecular flexibility index (Phi) is 5.80. The van der Waals surface area contributed by atoms with Crippen LogP contribution in [0.1, 0.15) is 29.7 Å². The summed E-state index contributed by atoms with van der Waals surface area (Å²) in [7, 11) is 0. The van der Waals surface area contributed by atoms with Crippen LogP contribution < -0.4 is 5.32 Å². The maximum atomic E-state index is 13.3. The SMILES string of the molecule is CCNC(Cc1ccc(F)c(Br)c1)c1ccc(C)c(Cl)c1. The van der Waals surface area contributed by atoms with Crippen LogP contribution in [0.25, 0.3) is 0 Å². The van der Waals surface area contributed by atoms with Gasteiger partial charge in [0.25, 0.3) is 0 Å². The lowest BCUT2D eigenvalue weighted by Gasteiger charge is -2.19. The van der Waals surface area contributed by atoms with E-state index in [4.69, 9.17) is 11.6 Å². The maximum Gasteiger partial charge on any atom is 0.137 e. The van der Waals surface area contributed by atoms with Crippen LogP contribution in [-0.4, -0.2) is 6.54 Å². The van der Waals surface area contributed by atoms with Crippen LogP contribution in [0.4, 0.5) is 4.39 Å².